The number of carbonyl (C=O) groups is 3. The molecule has 21 heteroatoms. The minimum Gasteiger partial charge on any atom is -0.489 e. The van der Waals surface area contributed by atoms with E-state index >= 15 is 4.39 Å². The van der Waals surface area contributed by atoms with E-state index in [9.17, 15) is 27.9 Å². The topological polar surface area (TPSA) is 255 Å². The molecular formula is C26H32FN8O10S2+. The average molecular weight is 700 g/mol. The molecule has 1 aliphatic rings. The number of ether oxygens (including phenoxy) is 1. The van der Waals surface area contributed by atoms with Gasteiger partial charge in [0.2, 0.25) is 6.20 Å². The molecule has 0 spiro atoms. The summed E-state index contributed by atoms with van der Waals surface area (Å²) in [4.78, 5) is 46.7. The van der Waals surface area contributed by atoms with Crippen molar-refractivity contribution in [3.8, 4) is 16.9 Å². The summed E-state index contributed by atoms with van der Waals surface area (Å²) in [6.45, 7) is 3.17. The Hall–Kier alpha value is -4.70. The lowest BCUT2D eigenvalue weighted by molar-refractivity contribution is -0.753. The Morgan fingerprint density at radius 3 is 2.64 bits per heavy atom. The van der Waals surface area contributed by atoms with Crippen molar-refractivity contribution in [1.82, 2.24) is 20.0 Å². The molecule has 18 nitrogen and oxygen atoms in total. The van der Waals surface area contributed by atoms with Gasteiger partial charge in [0.15, 0.2) is 17.9 Å². The van der Waals surface area contributed by atoms with Gasteiger partial charge in [-0.15, -0.1) is 20.3 Å². The zero-order valence-corrected chi connectivity index (χ0v) is 26.8. The lowest BCUT2D eigenvalue weighted by atomic mass is 9.84. The van der Waals surface area contributed by atoms with Crippen LogP contribution in [0.5, 0.6) is 5.75 Å². The number of carboxylic acids is 1. The predicted octanol–water partition coefficient (Wildman–Crippen LogP) is -0.401. The third kappa shape index (κ3) is 8.18. The van der Waals surface area contributed by atoms with Gasteiger partial charge in [-0.05, 0) is 38.9 Å². The second kappa shape index (κ2) is 14.0. The van der Waals surface area contributed by atoms with Gasteiger partial charge in [-0.2, -0.15) is 18.2 Å². The number of aliphatic carboxylic acids is 1. The van der Waals surface area contributed by atoms with Gasteiger partial charge in [0, 0.05) is 17.0 Å². The summed E-state index contributed by atoms with van der Waals surface area (Å²) >= 11 is 0.927. The molecule has 0 radical (unpaired) electrons. The molecule has 1 unspecified atom stereocenters. The summed E-state index contributed by atoms with van der Waals surface area (Å²) in [5.74, 6) is -4.26. The molecule has 2 aromatic heterocycles. The summed E-state index contributed by atoms with van der Waals surface area (Å²) < 4.78 is 59.6. The van der Waals surface area contributed by atoms with Gasteiger partial charge in [-0.25, -0.2) is 14.2 Å². The van der Waals surface area contributed by atoms with Gasteiger partial charge in [0.05, 0.1) is 23.8 Å². The number of nitrogen functional groups attached to an aromatic ring is 1. The number of hydrogen-bond donors (Lipinski definition) is 5. The molecule has 7 N–H and O–H groups in total. The Balaban J connectivity index is 1.47. The maximum absolute atomic E-state index is 15.0. The number of hydroxylamine groups is 2. The minimum atomic E-state index is -5.04. The van der Waals surface area contributed by atoms with Crippen LogP contribution in [0, 0.1) is 5.82 Å². The molecule has 3 aromatic rings. The summed E-state index contributed by atoms with van der Waals surface area (Å²) in [5.41, 5.74) is 9.97. The van der Waals surface area contributed by atoms with Crippen molar-refractivity contribution in [2.75, 3.05) is 18.9 Å². The number of nitrogens with zero attached hydrogens (tertiary/aromatic N) is 5. The number of benzene rings is 1. The highest BCUT2D eigenvalue weighted by Gasteiger charge is 2.58. The van der Waals surface area contributed by atoms with Crippen LogP contribution < -0.4 is 26.2 Å². The van der Waals surface area contributed by atoms with Crippen molar-refractivity contribution in [2.45, 2.75) is 44.5 Å². The van der Waals surface area contributed by atoms with Crippen molar-refractivity contribution in [1.29, 1.82) is 0 Å². The molecule has 2 amide bonds. The summed E-state index contributed by atoms with van der Waals surface area (Å²) in [6, 6.07) is 2.64. The third-order valence-electron chi connectivity index (χ3n) is 6.91. The van der Waals surface area contributed by atoms with Gasteiger partial charge in [0.1, 0.15) is 29.9 Å². The Morgan fingerprint density at radius 1 is 1.34 bits per heavy atom. The van der Waals surface area contributed by atoms with Gasteiger partial charge in [0.25, 0.3) is 17.9 Å². The first-order valence-corrected chi connectivity index (χ1v) is 15.9. The average Bonchev–Trinajstić information content (AvgIpc) is 3.58. The number of hydrogen-bond acceptors (Lipinski definition) is 13. The van der Waals surface area contributed by atoms with E-state index in [4.69, 9.17) is 25.6 Å². The van der Waals surface area contributed by atoms with Crippen molar-refractivity contribution < 1.29 is 55.4 Å². The SMILES string of the molecule is C[n+]1cc(-c2ccc(OCC(O/N=C(\C(=O)N[C@@H]3C(=O)N(OS(=O)(=O)O)C3(C)C)c3csc(N)n3)C(=O)O)cc2F)cn1CCCN. The maximum Gasteiger partial charge on any atom is 0.418 e. The van der Waals surface area contributed by atoms with Crippen molar-refractivity contribution in [2.24, 2.45) is 17.9 Å². The smallest absolute Gasteiger partial charge is 0.418 e. The lowest BCUT2D eigenvalue weighted by Crippen LogP contribution is -2.76. The van der Waals surface area contributed by atoms with Crippen LogP contribution in [0.25, 0.3) is 11.1 Å². The summed E-state index contributed by atoms with van der Waals surface area (Å²) in [7, 11) is -3.23. The molecule has 0 saturated carbocycles. The number of aryl methyl sites for hydroxylation is 2. The number of nitrogens with two attached hydrogens (primary N) is 2. The van der Waals surface area contributed by atoms with Crippen LogP contribution in [0.15, 0.2) is 41.1 Å². The summed E-state index contributed by atoms with van der Waals surface area (Å²) in [5, 5.41) is 17.4. The highest BCUT2D eigenvalue weighted by atomic mass is 32.3. The fourth-order valence-corrected chi connectivity index (χ4v) is 5.45. The van der Waals surface area contributed by atoms with Crippen LogP contribution >= 0.6 is 11.3 Å². The monoisotopic (exact) mass is 699 g/mol. The summed E-state index contributed by atoms with van der Waals surface area (Å²) in [6.07, 6.45) is 2.46. The molecular weight excluding hydrogens is 667 g/mol. The highest BCUT2D eigenvalue weighted by Crippen LogP contribution is 2.33. The van der Waals surface area contributed by atoms with Crippen molar-refractivity contribution in [3.63, 3.8) is 0 Å². The van der Waals surface area contributed by atoms with Crippen molar-refractivity contribution >= 4 is 50.4 Å². The molecule has 3 heterocycles. The standard InChI is InChI=1S/C26H31FN8O10S2/c1-26(2)21(23(37)35(26)45-47(40,41)42)31-22(36)20(18-13-46-25(29)30-18)32-44-19(24(38)39)12-43-15-5-6-16(17(27)9-15)14-10-33(3)34(11-14)8-4-7-28/h5-6,9-11,13,19,21H,4,7-8,12,28H2,1-3H3,(H4-,29,30,31,36,38,39,40,41,42)/p+1/b32-20-/t19?,21-/m1/s1. The second-order valence-electron chi connectivity index (χ2n) is 10.7. The number of carboxylic acid groups (broad SMARTS) is 1. The molecule has 1 saturated heterocycles. The Labute approximate surface area is 271 Å². The first kappa shape index (κ1) is 35.2. The van der Waals surface area contributed by atoms with Crippen LogP contribution in [0.3, 0.4) is 0 Å². The molecule has 2 atom stereocenters. The van der Waals surface area contributed by atoms with Crippen LogP contribution in [0.4, 0.5) is 9.52 Å². The molecule has 1 fully saturated rings. The molecule has 1 aliphatic heterocycles. The fraction of sp³-hybridized carbons (Fsp3) is 0.385. The van der Waals surface area contributed by atoms with Crippen LogP contribution in [0.2, 0.25) is 0 Å². The number of rotatable bonds is 15. The number of thiazole rings is 1. The number of oxime groups is 1. The molecule has 47 heavy (non-hydrogen) atoms. The molecule has 0 aliphatic carbocycles. The van der Waals surface area contributed by atoms with Crippen LogP contribution in [-0.2, 0) is 47.5 Å². The number of aromatic nitrogens is 3. The van der Waals surface area contributed by atoms with E-state index in [1.165, 1.54) is 31.4 Å². The van der Waals surface area contributed by atoms with Gasteiger partial charge in [-0.3, -0.25) is 14.1 Å². The predicted molar refractivity (Wildman–Crippen MR) is 161 cm³/mol. The largest absolute Gasteiger partial charge is 0.489 e. The maximum atomic E-state index is 15.0. The van der Waals surface area contributed by atoms with E-state index in [-0.39, 0.29) is 22.1 Å². The van der Waals surface area contributed by atoms with Gasteiger partial charge < -0.3 is 31.5 Å². The van der Waals surface area contributed by atoms with E-state index in [0.29, 0.717) is 23.7 Å². The van der Waals surface area contributed by atoms with E-state index in [1.807, 2.05) is 11.7 Å². The van der Waals surface area contributed by atoms with E-state index in [2.05, 4.69) is 19.7 Å². The fourth-order valence-electron chi connectivity index (χ4n) is 4.45. The zero-order valence-electron chi connectivity index (χ0n) is 25.2. The molecule has 1 aromatic carbocycles. The Morgan fingerprint density at radius 2 is 2.06 bits per heavy atom. The van der Waals surface area contributed by atoms with Crippen LogP contribution in [0.1, 0.15) is 26.0 Å². The second-order valence-corrected chi connectivity index (χ2v) is 12.6. The van der Waals surface area contributed by atoms with E-state index in [1.54, 1.807) is 17.1 Å². The quantitative estimate of drug-likeness (QED) is 0.0446. The van der Waals surface area contributed by atoms with E-state index in [0.717, 1.165) is 23.8 Å². The molecule has 0 bridgehead atoms. The van der Waals surface area contributed by atoms with Gasteiger partial charge >= 0.3 is 16.4 Å². The number of β-lactam (4-membered cyclic amide) rings is 1. The number of carbonyl (C=O) groups excluding carboxylic acids is 2. The lowest BCUT2D eigenvalue weighted by Gasteiger charge is -2.50. The first-order valence-electron chi connectivity index (χ1n) is 13.7. The first-order chi connectivity index (χ1) is 22.0. The highest BCUT2D eigenvalue weighted by molar-refractivity contribution is 7.80. The van der Waals surface area contributed by atoms with Crippen LogP contribution in [-0.4, -0.2) is 87.1 Å². The zero-order chi connectivity index (χ0) is 34.7. The van der Waals surface area contributed by atoms with Gasteiger partial charge in [-0.1, -0.05) is 5.16 Å². The third-order valence-corrected chi connectivity index (χ3v) is 7.92. The minimum absolute atomic E-state index is 0.00958. The van der Waals surface area contributed by atoms with E-state index < -0.39 is 64.0 Å². The normalized spacial score (nSPS) is 16.8. The number of halogens is 1. The number of anilines is 1. The molecule has 4 rings (SSSR count). The Kier molecular flexibility index (Phi) is 10.4. The van der Waals surface area contributed by atoms with Crippen molar-refractivity contribution in [3.05, 3.63) is 47.5 Å². The Bertz CT molecular complexity index is 1810. The number of nitrogens with one attached hydrogen (secondary N) is 1. The number of amides is 2. The molecule has 254 valence electrons.